The first-order valence-corrected chi connectivity index (χ1v) is 5.18. The first kappa shape index (κ1) is 15.6. The largest absolute Gasteiger partial charge is 0.400 e. The molecule has 0 aromatic rings. The van der Waals surface area contributed by atoms with E-state index in [1.54, 1.807) is 0 Å². The summed E-state index contributed by atoms with van der Waals surface area (Å²) >= 11 is 0. The Morgan fingerprint density at radius 3 is 1.25 bits per heavy atom. The van der Waals surface area contributed by atoms with E-state index in [1.807, 2.05) is 0 Å². The molecule has 0 aromatic heterocycles. The van der Waals surface area contributed by atoms with Gasteiger partial charge in [0.2, 0.25) is 0 Å². The summed E-state index contributed by atoms with van der Waals surface area (Å²) in [5, 5.41) is 7.00. The molecule has 0 saturated carbocycles. The zero-order valence-corrected chi connectivity index (χ0v) is 11.7. The predicted octanol–water partition coefficient (Wildman–Crippen LogP) is 3.06. The Morgan fingerprint density at radius 1 is 0.750 bits per heavy atom. The summed E-state index contributed by atoms with van der Waals surface area (Å²) in [6.45, 7) is 4.47. The number of hydrogen-bond acceptors (Lipinski definition) is 1. The fourth-order valence-electron chi connectivity index (χ4n) is 2.03. The van der Waals surface area contributed by atoms with Crippen molar-refractivity contribution in [1.29, 1.82) is 0 Å². The molecule has 0 heterocycles. The number of allylic oxidation sites excluding steroid dienone is 8. The molecule has 2 aliphatic rings. The van der Waals surface area contributed by atoms with Gasteiger partial charge in [0, 0.05) is 28.8 Å². The van der Waals surface area contributed by atoms with Gasteiger partial charge in [-0.1, -0.05) is 38.2 Å². The van der Waals surface area contributed by atoms with Crippen LogP contribution in [0.2, 0.25) is 0 Å². The molecule has 0 atom stereocenters. The minimum Gasteiger partial charge on any atom is -0.400 e. The zero-order chi connectivity index (χ0) is 11.4. The van der Waals surface area contributed by atoms with E-state index in [1.165, 1.54) is 0 Å². The molecule has 0 bridgehead atoms. The van der Waals surface area contributed by atoms with Gasteiger partial charge in [-0.15, -0.1) is 35.1 Å². The van der Waals surface area contributed by atoms with Crippen molar-refractivity contribution in [2.45, 2.75) is 13.8 Å². The molecule has 86 valence electrons. The average Bonchev–Trinajstić information content (AvgIpc) is 2.79. The van der Waals surface area contributed by atoms with Crippen LogP contribution in [0.4, 0.5) is 0 Å². The molecular formula is C14H19OTi-. The Hall–Kier alpha value is -0.366. The second-order valence-electron chi connectivity index (χ2n) is 4.31. The first-order chi connectivity index (χ1) is 7.12. The van der Waals surface area contributed by atoms with Crippen LogP contribution in [-0.4, -0.2) is 12.2 Å². The summed E-state index contributed by atoms with van der Waals surface area (Å²) in [5.74, 6) is 0. The van der Waals surface area contributed by atoms with Crippen molar-refractivity contribution in [1.82, 2.24) is 0 Å². The van der Waals surface area contributed by atoms with Gasteiger partial charge in [-0.3, -0.25) is 0 Å². The van der Waals surface area contributed by atoms with Crippen LogP contribution < -0.4 is 0 Å². The van der Waals surface area contributed by atoms with Crippen LogP contribution in [0.15, 0.2) is 48.6 Å². The number of aliphatic hydroxyl groups excluding tert-OH is 1. The Bertz CT molecular complexity index is 268. The second-order valence-corrected chi connectivity index (χ2v) is 4.31. The van der Waals surface area contributed by atoms with Gasteiger partial charge in [0.25, 0.3) is 0 Å². The minimum absolute atomic E-state index is 0. The van der Waals surface area contributed by atoms with Crippen molar-refractivity contribution in [2.24, 2.45) is 10.8 Å². The molecule has 0 fully saturated rings. The van der Waals surface area contributed by atoms with E-state index < -0.39 is 0 Å². The van der Waals surface area contributed by atoms with Crippen LogP contribution in [0.5, 0.6) is 0 Å². The maximum Gasteiger partial charge on any atom is 0.0319 e. The third-order valence-electron chi connectivity index (χ3n) is 2.67. The Balaban J connectivity index is 0.000000711. The van der Waals surface area contributed by atoms with Crippen molar-refractivity contribution in [3.05, 3.63) is 55.0 Å². The molecular weight excluding hydrogens is 232 g/mol. The topological polar surface area (TPSA) is 20.2 Å². The van der Waals surface area contributed by atoms with E-state index >= 15 is 0 Å². The number of hydrogen-bond donors (Lipinski definition) is 1. The van der Waals surface area contributed by atoms with Gasteiger partial charge in [-0.05, 0) is 0 Å². The fraction of sp³-hybridized carbons (Fsp3) is 0.357. The SMILES string of the molecule is CC1([CH-]C2(C)C=CC=C2)C=CC=C1.CO.[Ti]. The normalized spacial score (nSPS) is 21.5. The molecule has 0 saturated heterocycles. The standard InChI is InChI=1S/C13H15.CH4O.Ti/c1-12(7-3-4-8-12)11-13(2)9-5-6-10-13;1-2;/h3-11H,1-2H3;2H,1H3;/q-1;;. The smallest absolute Gasteiger partial charge is 0.0319 e. The summed E-state index contributed by atoms with van der Waals surface area (Å²) in [6.07, 6.45) is 19.8. The zero-order valence-electron chi connectivity index (χ0n) is 10.1. The van der Waals surface area contributed by atoms with E-state index in [0.29, 0.717) is 0 Å². The van der Waals surface area contributed by atoms with E-state index in [-0.39, 0.29) is 32.5 Å². The van der Waals surface area contributed by atoms with E-state index in [9.17, 15) is 0 Å². The summed E-state index contributed by atoms with van der Waals surface area (Å²) in [5.41, 5.74) is 0.265. The van der Waals surface area contributed by atoms with Gasteiger partial charge in [0.1, 0.15) is 0 Å². The molecule has 1 N–H and O–H groups in total. The van der Waals surface area contributed by atoms with Crippen LogP contribution in [0.3, 0.4) is 0 Å². The van der Waals surface area contributed by atoms with E-state index in [0.717, 1.165) is 7.11 Å². The van der Waals surface area contributed by atoms with Crippen molar-refractivity contribution in [3.63, 3.8) is 0 Å². The summed E-state index contributed by atoms with van der Waals surface area (Å²) in [4.78, 5) is 0. The maximum absolute atomic E-state index is 7.00. The van der Waals surface area contributed by atoms with Crippen molar-refractivity contribution >= 4 is 0 Å². The second kappa shape index (κ2) is 6.39. The van der Waals surface area contributed by atoms with Crippen molar-refractivity contribution in [3.8, 4) is 0 Å². The molecule has 16 heavy (non-hydrogen) atoms. The molecule has 0 radical (unpaired) electrons. The minimum atomic E-state index is 0. The molecule has 2 aliphatic carbocycles. The van der Waals surface area contributed by atoms with Gasteiger partial charge < -0.3 is 11.5 Å². The Kier molecular flexibility index (Phi) is 6.24. The van der Waals surface area contributed by atoms with E-state index in [2.05, 4.69) is 68.9 Å². The summed E-state index contributed by atoms with van der Waals surface area (Å²) in [7, 11) is 1.00. The van der Waals surface area contributed by atoms with Gasteiger partial charge in [0.05, 0.1) is 0 Å². The predicted molar refractivity (Wildman–Crippen MR) is 65.2 cm³/mol. The van der Waals surface area contributed by atoms with Crippen molar-refractivity contribution in [2.75, 3.05) is 7.11 Å². The van der Waals surface area contributed by atoms with Crippen molar-refractivity contribution < 1.29 is 26.8 Å². The van der Waals surface area contributed by atoms with Crippen LogP contribution in [0.1, 0.15) is 13.8 Å². The quantitative estimate of drug-likeness (QED) is 0.590. The maximum atomic E-state index is 7.00. The third kappa shape index (κ3) is 3.90. The molecule has 2 heteroatoms. The number of aliphatic hydroxyl groups is 1. The van der Waals surface area contributed by atoms with Gasteiger partial charge in [-0.2, -0.15) is 0 Å². The first-order valence-electron chi connectivity index (χ1n) is 5.18. The average molecular weight is 251 g/mol. The summed E-state index contributed by atoms with van der Waals surface area (Å²) in [6, 6.07) is 0. The van der Waals surface area contributed by atoms with E-state index in [4.69, 9.17) is 5.11 Å². The molecule has 0 aliphatic heterocycles. The molecule has 1 nitrogen and oxygen atoms in total. The Morgan fingerprint density at radius 2 is 1.00 bits per heavy atom. The van der Waals surface area contributed by atoms with Crippen LogP contribution in [0, 0.1) is 17.3 Å². The Labute approximate surface area is 114 Å². The fourth-order valence-corrected chi connectivity index (χ4v) is 2.03. The molecule has 0 amide bonds. The summed E-state index contributed by atoms with van der Waals surface area (Å²) < 4.78 is 0. The monoisotopic (exact) mass is 251 g/mol. The molecule has 0 unspecified atom stereocenters. The van der Waals surface area contributed by atoms with Crippen LogP contribution in [0.25, 0.3) is 0 Å². The van der Waals surface area contributed by atoms with Gasteiger partial charge >= 0.3 is 0 Å². The number of rotatable bonds is 2. The molecule has 2 rings (SSSR count). The third-order valence-corrected chi connectivity index (χ3v) is 2.67. The van der Waals surface area contributed by atoms with Gasteiger partial charge in [-0.25, -0.2) is 0 Å². The van der Waals surface area contributed by atoms with Crippen LogP contribution >= 0.6 is 0 Å². The van der Waals surface area contributed by atoms with Gasteiger partial charge in [0.15, 0.2) is 0 Å². The molecule has 0 spiro atoms. The molecule has 0 aromatic carbocycles. The van der Waals surface area contributed by atoms with Crippen LogP contribution in [-0.2, 0) is 21.7 Å².